The van der Waals surface area contributed by atoms with Crippen LogP contribution in [0.15, 0.2) is 110 Å². The summed E-state index contributed by atoms with van der Waals surface area (Å²) in [7, 11) is 0. The summed E-state index contributed by atoms with van der Waals surface area (Å²) in [6.07, 6.45) is 16.8. The van der Waals surface area contributed by atoms with E-state index >= 15 is 0 Å². The van der Waals surface area contributed by atoms with Gasteiger partial charge in [-0.15, -0.1) is 0 Å². The quantitative estimate of drug-likeness (QED) is 0.165. The van der Waals surface area contributed by atoms with E-state index in [9.17, 15) is 0 Å². The molecule has 0 saturated heterocycles. The predicted molar refractivity (Wildman–Crippen MR) is 236 cm³/mol. The number of ether oxygens (including phenoxy) is 10. The van der Waals surface area contributed by atoms with Crippen LogP contribution in [0.1, 0.15) is 33.4 Å². The number of pyridine rings is 2. The largest absolute Gasteiger partial charge is 0.487 e. The Bertz CT molecular complexity index is 1990. The molecule has 326 valence electrons. The number of fused-ring (bicyclic) bond motifs is 2. The van der Waals surface area contributed by atoms with Gasteiger partial charge in [-0.25, -0.2) is 9.13 Å². The van der Waals surface area contributed by atoms with E-state index in [4.69, 9.17) is 47.4 Å². The molecule has 4 heterocycles. The van der Waals surface area contributed by atoms with Crippen LogP contribution in [-0.2, 0) is 41.5 Å². The van der Waals surface area contributed by atoms with Crippen molar-refractivity contribution < 1.29 is 56.5 Å². The van der Waals surface area contributed by atoms with Gasteiger partial charge in [-0.05, 0) is 52.6 Å². The van der Waals surface area contributed by atoms with Gasteiger partial charge < -0.3 is 47.4 Å². The zero-order chi connectivity index (χ0) is 42.3. The van der Waals surface area contributed by atoms with Crippen molar-refractivity contribution in [3.05, 3.63) is 143 Å². The second-order valence-electron chi connectivity index (χ2n) is 14.6. The fourth-order valence-electron chi connectivity index (χ4n) is 6.65. The van der Waals surface area contributed by atoms with Gasteiger partial charge in [0.15, 0.2) is 60.9 Å². The van der Waals surface area contributed by atoms with Crippen molar-refractivity contribution in [2.75, 3.05) is 106 Å². The molecule has 7 rings (SSSR count). The van der Waals surface area contributed by atoms with Crippen molar-refractivity contribution in [2.24, 2.45) is 0 Å². The van der Waals surface area contributed by atoms with Gasteiger partial charge in [-0.2, -0.15) is 0 Å². The number of aromatic nitrogens is 2. The molecule has 12 heteroatoms. The van der Waals surface area contributed by atoms with E-state index in [0.717, 1.165) is 35.3 Å². The lowest BCUT2D eigenvalue weighted by Gasteiger charge is -2.13. The highest BCUT2D eigenvalue weighted by Crippen LogP contribution is 2.30. The Labute approximate surface area is 364 Å². The lowest BCUT2D eigenvalue weighted by atomic mass is 10.1. The molecule has 0 spiro atoms. The maximum atomic E-state index is 6.05. The Balaban J connectivity index is 0.903. The number of hydrogen-bond acceptors (Lipinski definition) is 10. The monoisotopic (exact) mass is 846 g/mol. The van der Waals surface area contributed by atoms with Crippen molar-refractivity contribution >= 4 is 24.3 Å². The molecular weight excluding hydrogens is 789 g/mol. The molecule has 0 unspecified atom stereocenters. The number of rotatable bonds is 8. The normalized spacial score (nSPS) is 16.8. The van der Waals surface area contributed by atoms with Crippen LogP contribution in [-0.4, -0.2) is 106 Å². The van der Waals surface area contributed by atoms with Crippen molar-refractivity contribution in [3.63, 3.8) is 0 Å². The minimum Gasteiger partial charge on any atom is -0.487 e. The second kappa shape index (κ2) is 25.4. The Morgan fingerprint density at radius 1 is 0.323 bits per heavy atom. The first-order valence-corrected chi connectivity index (χ1v) is 21.4. The smallest absolute Gasteiger partial charge is 0.173 e. The number of benzene rings is 3. The maximum absolute atomic E-state index is 6.05. The molecule has 2 aromatic heterocycles. The Kier molecular flexibility index (Phi) is 18.2. The van der Waals surface area contributed by atoms with E-state index in [0.29, 0.717) is 129 Å². The molecule has 5 aromatic rings. The summed E-state index contributed by atoms with van der Waals surface area (Å²) >= 11 is 0. The van der Waals surface area contributed by atoms with Crippen LogP contribution in [0.2, 0.25) is 0 Å². The molecule has 0 atom stereocenters. The zero-order valence-corrected chi connectivity index (χ0v) is 35.4. The van der Waals surface area contributed by atoms with Crippen molar-refractivity contribution in [1.29, 1.82) is 0 Å². The van der Waals surface area contributed by atoms with Crippen LogP contribution in [0.25, 0.3) is 24.3 Å². The van der Waals surface area contributed by atoms with Gasteiger partial charge in [0.25, 0.3) is 0 Å². The summed E-state index contributed by atoms with van der Waals surface area (Å²) in [6, 6.07) is 29.2. The standard InChI is InChI=1S/C50H58N2O10/c1-2-45(39-51-16-12-41(13-17-51)4-6-43-8-10-47-49(37-43)61-34-30-57-26-22-53-20-24-55-28-32-59-47)36-46(3-1)40-52-18-14-42(15-19-52)5-7-44-9-11-48-50(38-44)62-35-31-58-27-23-54-21-25-56-29-33-60-48/h1-19,36-38H,20-35,39-40H2/q+2/b6-4+,7-5+. The zero-order valence-electron chi connectivity index (χ0n) is 35.4. The molecule has 2 aliphatic heterocycles. The van der Waals surface area contributed by atoms with E-state index in [1.165, 1.54) is 11.1 Å². The van der Waals surface area contributed by atoms with Crippen molar-refractivity contribution in [3.8, 4) is 23.0 Å². The van der Waals surface area contributed by atoms with Gasteiger partial charge in [-0.3, -0.25) is 0 Å². The first kappa shape index (κ1) is 44.5. The van der Waals surface area contributed by atoms with E-state index in [1.807, 2.05) is 36.4 Å². The molecule has 0 N–H and O–H groups in total. The van der Waals surface area contributed by atoms with Crippen LogP contribution >= 0.6 is 0 Å². The summed E-state index contributed by atoms with van der Waals surface area (Å²) in [5.41, 5.74) is 6.70. The minimum atomic E-state index is 0.420. The molecule has 0 amide bonds. The highest BCUT2D eigenvalue weighted by Gasteiger charge is 2.11. The topological polar surface area (TPSA) is 100 Å². The van der Waals surface area contributed by atoms with Gasteiger partial charge in [0, 0.05) is 35.4 Å². The van der Waals surface area contributed by atoms with E-state index in [2.05, 4.69) is 107 Å². The molecule has 2 aliphatic rings. The molecule has 3 aromatic carbocycles. The Hall–Kier alpha value is -5.60. The maximum Gasteiger partial charge on any atom is 0.173 e. The number of hydrogen-bond donors (Lipinski definition) is 0. The lowest BCUT2D eigenvalue weighted by Crippen LogP contribution is -2.34. The van der Waals surface area contributed by atoms with Crippen molar-refractivity contribution in [2.45, 2.75) is 13.1 Å². The molecule has 0 radical (unpaired) electrons. The minimum absolute atomic E-state index is 0.420. The SMILES string of the molecule is C(=C\c1ccc2c(c1)OCCOCCOCCOCCO2)/c1cc[n+](Cc2cccc(C[n+]3ccc(/C=C/c4ccc5c(c4)OCCOCCOCCOCCO5)cc3)c2)cc1. The first-order valence-electron chi connectivity index (χ1n) is 21.4. The average Bonchev–Trinajstić information content (AvgIpc) is 3.31. The third kappa shape index (κ3) is 15.4. The van der Waals surface area contributed by atoms with E-state index in [-0.39, 0.29) is 0 Å². The predicted octanol–water partition coefficient (Wildman–Crippen LogP) is 6.34. The third-order valence-electron chi connectivity index (χ3n) is 9.86. The van der Waals surface area contributed by atoms with Gasteiger partial charge in [0.2, 0.25) is 0 Å². The summed E-state index contributed by atoms with van der Waals surface area (Å²) in [5.74, 6) is 2.73. The van der Waals surface area contributed by atoms with E-state index < -0.39 is 0 Å². The van der Waals surface area contributed by atoms with Crippen LogP contribution in [0.5, 0.6) is 23.0 Å². The van der Waals surface area contributed by atoms with Gasteiger partial charge >= 0.3 is 0 Å². The first-order chi connectivity index (χ1) is 30.7. The molecule has 62 heavy (non-hydrogen) atoms. The Morgan fingerprint density at radius 2 is 0.645 bits per heavy atom. The fourth-order valence-corrected chi connectivity index (χ4v) is 6.65. The number of nitrogens with zero attached hydrogens (tertiary/aromatic N) is 2. The van der Waals surface area contributed by atoms with E-state index in [1.54, 1.807) is 0 Å². The second-order valence-corrected chi connectivity index (χ2v) is 14.6. The average molecular weight is 847 g/mol. The van der Waals surface area contributed by atoms with Gasteiger partial charge in [-0.1, -0.05) is 54.6 Å². The Morgan fingerprint density at radius 3 is 1.02 bits per heavy atom. The van der Waals surface area contributed by atoms with Crippen LogP contribution in [0.3, 0.4) is 0 Å². The lowest BCUT2D eigenvalue weighted by molar-refractivity contribution is -0.689. The molecule has 0 aliphatic carbocycles. The molecular formula is C50H58N2O10+2. The summed E-state index contributed by atoms with van der Waals surface area (Å²) in [6.45, 7) is 9.38. The molecule has 12 nitrogen and oxygen atoms in total. The highest BCUT2D eigenvalue weighted by atomic mass is 16.6. The molecule has 0 fully saturated rings. The van der Waals surface area contributed by atoms with Crippen LogP contribution < -0.4 is 28.1 Å². The van der Waals surface area contributed by atoms with Gasteiger partial charge in [0.05, 0.1) is 79.3 Å². The van der Waals surface area contributed by atoms with Gasteiger partial charge in [0.1, 0.15) is 26.4 Å². The summed E-state index contributed by atoms with van der Waals surface area (Å²) < 4.78 is 61.8. The highest BCUT2D eigenvalue weighted by molar-refractivity contribution is 5.71. The van der Waals surface area contributed by atoms with Crippen molar-refractivity contribution in [1.82, 2.24) is 0 Å². The third-order valence-corrected chi connectivity index (χ3v) is 9.86. The summed E-state index contributed by atoms with van der Waals surface area (Å²) in [4.78, 5) is 0. The molecule has 0 saturated carbocycles. The van der Waals surface area contributed by atoms with Crippen LogP contribution in [0.4, 0.5) is 0 Å². The molecule has 0 bridgehead atoms. The summed E-state index contributed by atoms with van der Waals surface area (Å²) in [5, 5.41) is 0. The fraction of sp³-hybridized carbons (Fsp3) is 0.360. The van der Waals surface area contributed by atoms with Crippen LogP contribution in [0, 0.1) is 0 Å².